The summed E-state index contributed by atoms with van der Waals surface area (Å²) in [6.07, 6.45) is 0.290. The molecule has 0 unspecified atom stereocenters. The van der Waals surface area contributed by atoms with Gasteiger partial charge in [-0.15, -0.1) is 10.2 Å². The van der Waals surface area contributed by atoms with Gasteiger partial charge in [-0.1, -0.05) is 30.8 Å². The van der Waals surface area contributed by atoms with E-state index in [4.69, 9.17) is 9.47 Å². The first-order valence-electron chi connectivity index (χ1n) is 12.0. The summed E-state index contributed by atoms with van der Waals surface area (Å²) in [5.74, 6) is 1.80. The van der Waals surface area contributed by atoms with Gasteiger partial charge < -0.3 is 24.7 Å². The number of aryl methyl sites for hydroxylation is 1. The Kier molecular flexibility index (Phi) is 10.2. The largest absolute Gasteiger partial charge is 0.494 e. The van der Waals surface area contributed by atoms with Gasteiger partial charge >= 0.3 is 0 Å². The van der Waals surface area contributed by atoms with Crippen LogP contribution in [0.5, 0.6) is 11.5 Å². The van der Waals surface area contributed by atoms with Gasteiger partial charge in [-0.2, -0.15) is 0 Å². The molecule has 0 fully saturated rings. The van der Waals surface area contributed by atoms with Crippen molar-refractivity contribution in [3.05, 3.63) is 59.9 Å². The van der Waals surface area contributed by atoms with Crippen LogP contribution >= 0.6 is 11.8 Å². The molecular formula is C26H33N5O4S. The Balaban J connectivity index is 1.48. The van der Waals surface area contributed by atoms with Crippen LogP contribution in [0, 0.1) is 0 Å². The van der Waals surface area contributed by atoms with Crippen LogP contribution in [-0.4, -0.2) is 45.0 Å². The minimum absolute atomic E-state index is 0.150. The number of nitrogens with one attached hydrogen (secondary N) is 2. The number of carbonyl (C=O) groups is 2. The molecular weight excluding hydrogens is 478 g/mol. The maximum Gasteiger partial charge on any atom is 0.261 e. The lowest BCUT2D eigenvalue weighted by atomic mass is 10.2. The Morgan fingerprint density at radius 1 is 1.00 bits per heavy atom. The SMILES string of the molecule is CCOc1ccc(NC(=O)CSc2nnc(CNC(=O)[C@H](C)Oc3ccc(CC)cc3)n2CC)cc1. The first-order chi connectivity index (χ1) is 17.4. The topological polar surface area (TPSA) is 107 Å². The molecule has 0 saturated carbocycles. The van der Waals surface area contributed by atoms with E-state index in [1.54, 1.807) is 19.1 Å². The molecule has 0 saturated heterocycles. The number of ether oxygens (including phenoxy) is 2. The normalized spacial score (nSPS) is 11.6. The third kappa shape index (κ3) is 7.74. The first kappa shape index (κ1) is 27.1. The summed E-state index contributed by atoms with van der Waals surface area (Å²) >= 11 is 1.29. The van der Waals surface area contributed by atoms with Crippen LogP contribution in [0.25, 0.3) is 0 Å². The second kappa shape index (κ2) is 13.5. The number of rotatable bonds is 13. The molecule has 3 aromatic rings. The predicted octanol–water partition coefficient (Wildman–Crippen LogP) is 4.07. The fourth-order valence-electron chi connectivity index (χ4n) is 3.37. The molecule has 36 heavy (non-hydrogen) atoms. The first-order valence-corrected chi connectivity index (χ1v) is 13.0. The molecule has 2 amide bonds. The zero-order chi connectivity index (χ0) is 25.9. The van der Waals surface area contributed by atoms with Crippen LogP contribution in [0.4, 0.5) is 5.69 Å². The number of nitrogens with zero attached hydrogens (tertiary/aromatic N) is 3. The zero-order valence-electron chi connectivity index (χ0n) is 21.1. The molecule has 2 aromatic carbocycles. The molecule has 192 valence electrons. The highest BCUT2D eigenvalue weighted by molar-refractivity contribution is 7.99. The number of aromatic nitrogens is 3. The van der Waals surface area contributed by atoms with Crippen molar-refractivity contribution in [3.8, 4) is 11.5 Å². The van der Waals surface area contributed by atoms with E-state index >= 15 is 0 Å². The Bertz CT molecular complexity index is 1130. The molecule has 0 aliphatic heterocycles. The van der Waals surface area contributed by atoms with E-state index in [1.807, 2.05) is 54.8 Å². The van der Waals surface area contributed by atoms with E-state index < -0.39 is 6.10 Å². The van der Waals surface area contributed by atoms with E-state index in [-0.39, 0.29) is 24.1 Å². The maximum absolute atomic E-state index is 12.5. The predicted molar refractivity (Wildman–Crippen MR) is 140 cm³/mol. The molecule has 3 rings (SSSR count). The minimum Gasteiger partial charge on any atom is -0.494 e. The van der Waals surface area contributed by atoms with Gasteiger partial charge in [-0.05, 0) is 69.2 Å². The molecule has 1 atom stereocenters. The molecule has 0 spiro atoms. The van der Waals surface area contributed by atoms with Crippen molar-refractivity contribution in [2.24, 2.45) is 0 Å². The van der Waals surface area contributed by atoms with Crippen molar-refractivity contribution in [3.63, 3.8) is 0 Å². The second-order valence-corrected chi connectivity index (χ2v) is 8.86. The zero-order valence-corrected chi connectivity index (χ0v) is 21.9. The van der Waals surface area contributed by atoms with Crippen molar-refractivity contribution in [2.75, 3.05) is 17.7 Å². The Labute approximate surface area is 216 Å². The van der Waals surface area contributed by atoms with Crippen molar-refractivity contribution in [1.82, 2.24) is 20.1 Å². The lowest BCUT2D eigenvalue weighted by molar-refractivity contribution is -0.127. The molecule has 0 bridgehead atoms. The number of amides is 2. The fourth-order valence-corrected chi connectivity index (χ4v) is 4.20. The van der Waals surface area contributed by atoms with Crippen molar-refractivity contribution in [1.29, 1.82) is 0 Å². The van der Waals surface area contributed by atoms with Crippen LogP contribution in [-0.2, 0) is 29.1 Å². The number of thioether (sulfide) groups is 1. The molecule has 9 nitrogen and oxygen atoms in total. The number of benzene rings is 2. The van der Waals surface area contributed by atoms with Gasteiger partial charge in [-0.3, -0.25) is 9.59 Å². The highest BCUT2D eigenvalue weighted by Crippen LogP contribution is 2.19. The van der Waals surface area contributed by atoms with Crippen LogP contribution in [0.3, 0.4) is 0 Å². The molecule has 0 aliphatic rings. The maximum atomic E-state index is 12.5. The van der Waals surface area contributed by atoms with E-state index in [0.29, 0.717) is 35.6 Å². The summed E-state index contributed by atoms with van der Waals surface area (Å²) in [7, 11) is 0. The highest BCUT2D eigenvalue weighted by Gasteiger charge is 2.18. The molecule has 10 heteroatoms. The Hall–Kier alpha value is -3.53. The number of hydrogen-bond donors (Lipinski definition) is 2. The van der Waals surface area contributed by atoms with E-state index in [0.717, 1.165) is 12.2 Å². The summed E-state index contributed by atoms with van der Waals surface area (Å²) in [4.78, 5) is 24.9. The fraction of sp³-hybridized carbons (Fsp3) is 0.385. The smallest absolute Gasteiger partial charge is 0.261 e. The van der Waals surface area contributed by atoms with Crippen LogP contribution < -0.4 is 20.1 Å². The van der Waals surface area contributed by atoms with Gasteiger partial charge in [0.15, 0.2) is 17.1 Å². The third-order valence-corrected chi connectivity index (χ3v) is 6.29. The van der Waals surface area contributed by atoms with Gasteiger partial charge in [-0.25, -0.2) is 0 Å². The standard InChI is InChI=1S/C26H33N5O4S/c1-5-19-8-12-22(13-9-19)35-18(4)25(33)27-16-23-29-30-26(31(23)6-2)36-17-24(32)28-20-10-14-21(15-11-20)34-7-3/h8-15,18H,5-7,16-17H2,1-4H3,(H,27,33)(H,28,32)/t18-/m0/s1. The van der Waals surface area contributed by atoms with Crippen LogP contribution in [0.15, 0.2) is 53.7 Å². The summed E-state index contributed by atoms with van der Waals surface area (Å²) < 4.78 is 13.0. The van der Waals surface area contributed by atoms with E-state index in [1.165, 1.54) is 17.3 Å². The van der Waals surface area contributed by atoms with Crippen molar-refractivity contribution >= 4 is 29.3 Å². The number of anilines is 1. The third-order valence-electron chi connectivity index (χ3n) is 5.33. The molecule has 1 heterocycles. The Morgan fingerprint density at radius 2 is 1.69 bits per heavy atom. The van der Waals surface area contributed by atoms with Gasteiger partial charge in [0.2, 0.25) is 5.91 Å². The second-order valence-electron chi connectivity index (χ2n) is 7.91. The lowest BCUT2D eigenvalue weighted by Gasteiger charge is -2.15. The molecule has 2 N–H and O–H groups in total. The average Bonchev–Trinajstić information content (AvgIpc) is 3.29. The van der Waals surface area contributed by atoms with Crippen molar-refractivity contribution in [2.45, 2.75) is 58.5 Å². The molecule has 0 radical (unpaired) electrons. The van der Waals surface area contributed by atoms with E-state index in [9.17, 15) is 9.59 Å². The van der Waals surface area contributed by atoms with Gasteiger partial charge in [0.25, 0.3) is 5.91 Å². The molecule has 0 aliphatic carbocycles. The average molecular weight is 512 g/mol. The van der Waals surface area contributed by atoms with Gasteiger partial charge in [0.05, 0.1) is 18.9 Å². The quantitative estimate of drug-likeness (QED) is 0.333. The monoisotopic (exact) mass is 511 g/mol. The Morgan fingerprint density at radius 3 is 2.33 bits per heavy atom. The van der Waals surface area contributed by atoms with Crippen molar-refractivity contribution < 1.29 is 19.1 Å². The minimum atomic E-state index is -0.657. The summed E-state index contributed by atoms with van der Waals surface area (Å²) in [5, 5.41) is 14.7. The van der Waals surface area contributed by atoms with Crippen LogP contribution in [0.1, 0.15) is 39.1 Å². The van der Waals surface area contributed by atoms with Crippen LogP contribution in [0.2, 0.25) is 0 Å². The summed E-state index contributed by atoms with van der Waals surface area (Å²) in [6.45, 7) is 9.08. The highest BCUT2D eigenvalue weighted by atomic mass is 32.2. The molecule has 1 aromatic heterocycles. The lowest BCUT2D eigenvalue weighted by Crippen LogP contribution is -2.36. The summed E-state index contributed by atoms with van der Waals surface area (Å²) in [6, 6.07) is 14.9. The van der Waals surface area contributed by atoms with Gasteiger partial charge in [0, 0.05) is 12.2 Å². The van der Waals surface area contributed by atoms with Gasteiger partial charge in [0.1, 0.15) is 11.5 Å². The summed E-state index contributed by atoms with van der Waals surface area (Å²) in [5.41, 5.74) is 1.91. The number of carbonyl (C=O) groups excluding carboxylic acids is 2. The van der Waals surface area contributed by atoms with E-state index in [2.05, 4.69) is 27.8 Å². The number of hydrogen-bond acceptors (Lipinski definition) is 7.